The second-order valence-electron chi connectivity index (χ2n) is 6.71. The number of fused-ring (bicyclic) bond motifs is 1. The Balaban J connectivity index is 1.41. The second-order valence-corrected chi connectivity index (χ2v) is 8.09. The molecule has 1 aliphatic rings. The monoisotopic (exact) mass is 416 g/mol. The van der Waals surface area contributed by atoms with Gasteiger partial charge in [0.25, 0.3) is 5.91 Å². The lowest BCUT2D eigenvalue weighted by molar-refractivity contribution is 0.102. The number of aromatic amines is 1. The van der Waals surface area contributed by atoms with Gasteiger partial charge in [-0.3, -0.25) is 10.1 Å². The molecule has 4 rings (SSSR count). The molecule has 3 heterocycles. The van der Waals surface area contributed by atoms with Gasteiger partial charge in [0.2, 0.25) is 5.95 Å². The van der Waals surface area contributed by atoms with Crippen molar-refractivity contribution in [3.05, 3.63) is 51.0 Å². The number of aromatic nitrogens is 3. The SMILES string of the molecule is CCCC1OCC/C1=C/Cc1nc(C(=O)Nc2nc3ccc(Cl)cc3[nH]2)cs1. The van der Waals surface area contributed by atoms with Gasteiger partial charge < -0.3 is 9.72 Å². The molecule has 1 unspecified atom stereocenters. The van der Waals surface area contributed by atoms with Crippen LogP contribution in [0.15, 0.2) is 35.2 Å². The molecule has 28 heavy (non-hydrogen) atoms. The Labute approximate surface area is 172 Å². The van der Waals surface area contributed by atoms with E-state index in [2.05, 4.69) is 33.3 Å². The number of allylic oxidation sites excluding steroid dienone is 1. The third-order valence-electron chi connectivity index (χ3n) is 4.67. The molecule has 1 aromatic carbocycles. The minimum absolute atomic E-state index is 0.245. The van der Waals surface area contributed by atoms with Crippen LogP contribution in [-0.2, 0) is 11.2 Å². The van der Waals surface area contributed by atoms with Gasteiger partial charge in [0, 0.05) is 16.8 Å². The van der Waals surface area contributed by atoms with Gasteiger partial charge in [-0.2, -0.15) is 0 Å². The van der Waals surface area contributed by atoms with E-state index >= 15 is 0 Å². The van der Waals surface area contributed by atoms with E-state index in [9.17, 15) is 4.79 Å². The van der Waals surface area contributed by atoms with Gasteiger partial charge in [-0.15, -0.1) is 11.3 Å². The van der Waals surface area contributed by atoms with E-state index in [1.165, 1.54) is 16.9 Å². The van der Waals surface area contributed by atoms with Crippen LogP contribution < -0.4 is 5.32 Å². The minimum Gasteiger partial charge on any atom is -0.374 e. The molecule has 2 N–H and O–H groups in total. The number of carbonyl (C=O) groups is 1. The molecule has 6 nitrogen and oxygen atoms in total. The lowest BCUT2D eigenvalue weighted by Gasteiger charge is -2.09. The lowest BCUT2D eigenvalue weighted by atomic mass is 10.0. The number of nitrogens with zero attached hydrogens (tertiary/aromatic N) is 2. The van der Waals surface area contributed by atoms with Crippen molar-refractivity contribution in [2.24, 2.45) is 0 Å². The number of thiazole rings is 1. The maximum absolute atomic E-state index is 12.5. The first-order valence-electron chi connectivity index (χ1n) is 9.34. The molecular weight excluding hydrogens is 396 g/mol. The van der Waals surface area contributed by atoms with Crippen molar-refractivity contribution in [1.82, 2.24) is 15.0 Å². The van der Waals surface area contributed by atoms with Crippen LogP contribution in [0.25, 0.3) is 11.0 Å². The molecule has 1 aliphatic heterocycles. The molecule has 0 spiro atoms. The highest BCUT2D eigenvalue weighted by Crippen LogP contribution is 2.25. The number of ether oxygens (including phenoxy) is 1. The molecule has 1 atom stereocenters. The Kier molecular flexibility index (Phi) is 5.75. The number of hydrogen-bond acceptors (Lipinski definition) is 5. The standard InChI is InChI=1S/C20H21ClN4O2S/c1-2-3-17-12(8-9-27-17)4-7-18-22-16(11-28-18)19(26)25-20-23-14-6-5-13(21)10-15(14)24-20/h4-6,10-11,17H,2-3,7-9H2,1H3,(H2,23,24,25,26)/b12-4-. The fraction of sp³-hybridized carbons (Fsp3) is 0.350. The molecule has 1 fully saturated rings. The van der Waals surface area contributed by atoms with Crippen LogP contribution in [0, 0.1) is 0 Å². The average Bonchev–Trinajstić information content (AvgIpc) is 3.39. The molecule has 8 heteroatoms. The van der Waals surface area contributed by atoms with E-state index in [4.69, 9.17) is 16.3 Å². The Hall–Kier alpha value is -2.22. The minimum atomic E-state index is -0.284. The molecular formula is C20H21ClN4O2S. The highest BCUT2D eigenvalue weighted by atomic mass is 35.5. The van der Waals surface area contributed by atoms with Crippen LogP contribution in [0.4, 0.5) is 5.95 Å². The van der Waals surface area contributed by atoms with Gasteiger partial charge in [-0.05, 0) is 36.6 Å². The van der Waals surface area contributed by atoms with Gasteiger partial charge in [-0.25, -0.2) is 9.97 Å². The van der Waals surface area contributed by atoms with Crippen molar-refractivity contribution >= 4 is 45.8 Å². The van der Waals surface area contributed by atoms with Gasteiger partial charge in [-0.1, -0.05) is 31.0 Å². The number of amides is 1. The van der Waals surface area contributed by atoms with Crippen molar-refractivity contribution < 1.29 is 9.53 Å². The average molecular weight is 417 g/mol. The quantitative estimate of drug-likeness (QED) is 0.555. The summed E-state index contributed by atoms with van der Waals surface area (Å²) in [4.78, 5) is 24.3. The van der Waals surface area contributed by atoms with Crippen LogP contribution in [0.2, 0.25) is 5.02 Å². The van der Waals surface area contributed by atoms with E-state index in [-0.39, 0.29) is 12.0 Å². The largest absolute Gasteiger partial charge is 0.374 e. The Morgan fingerprint density at radius 3 is 3.21 bits per heavy atom. The van der Waals surface area contributed by atoms with Crippen LogP contribution in [0.1, 0.15) is 41.7 Å². The summed E-state index contributed by atoms with van der Waals surface area (Å²) < 4.78 is 5.77. The van der Waals surface area contributed by atoms with Crippen molar-refractivity contribution in [2.45, 2.75) is 38.7 Å². The Morgan fingerprint density at radius 2 is 2.36 bits per heavy atom. The number of benzene rings is 1. The van der Waals surface area contributed by atoms with E-state index in [0.717, 1.165) is 48.3 Å². The first kappa shape index (κ1) is 19.1. The van der Waals surface area contributed by atoms with E-state index in [0.29, 0.717) is 16.7 Å². The molecule has 3 aromatic rings. The predicted octanol–water partition coefficient (Wildman–Crippen LogP) is 4.98. The molecule has 0 bridgehead atoms. The fourth-order valence-electron chi connectivity index (χ4n) is 3.29. The second kappa shape index (κ2) is 8.43. The van der Waals surface area contributed by atoms with Crippen LogP contribution >= 0.6 is 22.9 Å². The summed E-state index contributed by atoms with van der Waals surface area (Å²) in [6.45, 7) is 2.96. The summed E-state index contributed by atoms with van der Waals surface area (Å²) in [5, 5.41) is 6.06. The first-order valence-corrected chi connectivity index (χ1v) is 10.6. The third kappa shape index (κ3) is 4.27. The number of rotatable bonds is 6. The smallest absolute Gasteiger partial charge is 0.277 e. The molecule has 146 valence electrons. The summed E-state index contributed by atoms with van der Waals surface area (Å²) in [7, 11) is 0. The summed E-state index contributed by atoms with van der Waals surface area (Å²) in [6.07, 6.45) is 6.32. The first-order chi connectivity index (χ1) is 13.6. The van der Waals surface area contributed by atoms with Gasteiger partial charge in [0.1, 0.15) is 5.69 Å². The van der Waals surface area contributed by atoms with Crippen molar-refractivity contribution in [1.29, 1.82) is 0 Å². The van der Waals surface area contributed by atoms with Gasteiger partial charge in [0.05, 0.1) is 28.8 Å². The number of nitrogens with one attached hydrogen (secondary N) is 2. The zero-order chi connectivity index (χ0) is 19.5. The highest BCUT2D eigenvalue weighted by molar-refractivity contribution is 7.09. The maximum atomic E-state index is 12.5. The molecule has 0 aliphatic carbocycles. The van der Waals surface area contributed by atoms with Crippen LogP contribution in [-0.4, -0.2) is 33.6 Å². The van der Waals surface area contributed by atoms with Crippen molar-refractivity contribution in [2.75, 3.05) is 11.9 Å². The van der Waals surface area contributed by atoms with E-state index < -0.39 is 0 Å². The molecule has 1 amide bonds. The number of halogens is 1. The number of hydrogen-bond donors (Lipinski definition) is 2. The maximum Gasteiger partial charge on any atom is 0.277 e. The Bertz CT molecular complexity index is 1030. The molecule has 0 saturated carbocycles. The summed E-state index contributed by atoms with van der Waals surface area (Å²) in [5.74, 6) is 0.0952. The van der Waals surface area contributed by atoms with E-state index in [1.54, 1.807) is 23.6 Å². The van der Waals surface area contributed by atoms with Gasteiger partial charge in [0.15, 0.2) is 0 Å². The van der Waals surface area contributed by atoms with Crippen LogP contribution in [0.3, 0.4) is 0 Å². The summed E-state index contributed by atoms with van der Waals surface area (Å²) in [5.41, 5.74) is 3.26. The summed E-state index contributed by atoms with van der Waals surface area (Å²) in [6, 6.07) is 5.33. The number of H-pyrrole nitrogens is 1. The number of carbonyl (C=O) groups excluding carboxylic acids is 1. The van der Waals surface area contributed by atoms with Crippen LogP contribution in [0.5, 0.6) is 0 Å². The predicted molar refractivity (Wildman–Crippen MR) is 112 cm³/mol. The normalized spacial score (nSPS) is 18.2. The Morgan fingerprint density at radius 1 is 1.46 bits per heavy atom. The lowest BCUT2D eigenvalue weighted by Crippen LogP contribution is -2.13. The summed E-state index contributed by atoms with van der Waals surface area (Å²) >= 11 is 7.47. The third-order valence-corrected chi connectivity index (χ3v) is 5.78. The van der Waals surface area contributed by atoms with Crippen molar-refractivity contribution in [3.63, 3.8) is 0 Å². The molecule has 0 radical (unpaired) electrons. The van der Waals surface area contributed by atoms with Gasteiger partial charge >= 0.3 is 0 Å². The zero-order valence-corrected chi connectivity index (χ0v) is 17.1. The highest BCUT2D eigenvalue weighted by Gasteiger charge is 2.20. The molecule has 2 aromatic heterocycles. The fourth-order valence-corrected chi connectivity index (χ4v) is 4.20. The van der Waals surface area contributed by atoms with E-state index in [1.807, 2.05) is 0 Å². The number of imidazole rings is 1. The molecule has 1 saturated heterocycles. The topological polar surface area (TPSA) is 79.9 Å². The zero-order valence-electron chi connectivity index (χ0n) is 15.5. The van der Waals surface area contributed by atoms with Crippen molar-refractivity contribution in [3.8, 4) is 0 Å². The number of anilines is 1.